The van der Waals surface area contributed by atoms with Crippen molar-refractivity contribution in [1.29, 1.82) is 5.26 Å². The lowest BCUT2D eigenvalue weighted by Crippen LogP contribution is -2.24. The molecule has 0 amide bonds. The number of aryl methyl sites for hydroxylation is 1. The third kappa shape index (κ3) is 6.60. The quantitative estimate of drug-likeness (QED) is 0.543. The number of nitrogens with zero attached hydrogens (tertiary/aromatic N) is 3. The number of aromatic nitrogens is 2. The molecule has 30 heavy (non-hydrogen) atoms. The first-order chi connectivity index (χ1) is 14.5. The molecule has 2 rings (SSSR count). The van der Waals surface area contributed by atoms with Gasteiger partial charge in [0.15, 0.2) is 0 Å². The van der Waals surface area contributed by atoms with Crippen LogP contribution in [0.5, 0.6) is 5.75 Å². The van der Waals surface area contributed by atoms with Gasteiger partial charge in [0.25, 0.3) is 0 Å². The summed E-state index contributed by atoms with van der Waals surface area (Å²) in [5.41, 5.74) is 9.73. The van der Waals surface area contributed by atoms with Gasteiger partial charge in [0, 0.05) is 37.4 Å². The fourth-order valence-electron chi connectivity index (χ4n) is 3.50. The fourth-order valence-corrected chi connectivity index (χ4v) is 3.50. The molecule has 1 aromatic heterocycles. The van der Waals surface area contributed by atoms with Crippen molar-refractivity contribution in [1.82, 2.24) is 9.97 Å². The molecule has 0 saturated heterocycles. The molecule has 3 N–H and O–H groups in total. The van der Waals surface area contributed by atoms with Crippen molar-refractivity contribution < 1.29 is 9.47 Å². The summed E-state index contributed by atoms with van der Waals surface area (Å²) in [5.74, 6) is 1.79. The SMILES string of the molecule is CCCCC(CCOC)Nc1nc(N)nc(C)c1Cc1cc(CC#N)ccc1OC. The van der Waals surface area contributed by atoms with Crippen LogP contribution in [0, 0.1) is 18.3 Å². The maximum atomic E-state index is 9.05. The van der Waals surface area contributed by atoms with E-state index in [1.165, 1.54) is 0 Å². The van der Waals surface area contributed by atoms with E-state index in [0.717, 1.165) is 59.6 Å². The lowest BCUT2D eigenvalue weighted by Gasteiger charge is -2.22. The van der Waals surface area contributed by atoms with E-state index in [-0.39, 0.29) is 12.0 Å². The summed E-state index contributed by atoms with van der Waals surface area (Å²) in [6.07, 6.45) is 5.12. The normalized spacial score (nSPS) is 11.7. The Morgan fingerprint density at radius 2 is 2.03 bits per heavy atom. The van der Waals surface area contributed by atoms with E-state index in [0.29, 0.717) is 19.4 Å². The molecule has 1 unspecified atom stereocenters. The van der Waals surface area contributed by atoms with Crippen LogP contribution in [0.1, 0.15) is 55.0 Å². The predicted octanol–water partition coefficient (Wildman–Crippen LogP) is 4.04. The first-order valence-corrected chi connectivity index (χ1v) is 10.4. The second-order valence-electron chi connectivity index (χ2n) is 7.42. The van der Waals surface area contributed by atoms with E-state index >= 15 is 0 Å². The standard InChI is InChI=1S/C23H33N5O2/c1-5-6-7-19(11-13-29-3)27-22-20(16(2)26-23(25)28-22)15-18-14-17(10-12-24)8-9-21(18)30-4/h8-9,14,19H,5-7,10-11,13,15H2,1-4H3,(H3,25,26,27,28). The first kappa shape index (κ1) is 23.4. The van der Waals surface area contributed by atoms with Gasteiger partial charge in [0.1, 0.15) is 11.6 Å². The summed E-state index contributed by atoms with van der Waals surface area (Å²) in [7, 11) is 3.37. The van der Waals surface area contributed by atoms with Crippen LogP contribution in [0.4, 0.5) is 11.8 Å². The summed E-state index contributed by atoms with van der Waals surface area (Å²) >= 11 is 0. The number of nitriles is 1. The molecule has 0 radical (unpaired) electrons. The highest BCUT2D eigenvalue weighted by molar-refractivity contribution is 5.54. The highest BCUT2D eigenvalue weighted by Crippen LogP contribution is 2.28. The van der Waals surface area contributed by atoms with Gasteiger partial charge in [-0.1, -0.05) is 31.9 Å². The van der Waals surface area contributed by atoms with Gasteiger partial charge in [0.2, 0.25) is 5.95 Å². The number of ether oxygens (including phenoxy) is 2. The molecule has 0 aliphatic heterocycles. The number of nitrogens with two attached hydrogens (primary N) is 1. The molecule has 1 heterocycles. The molecule has 1 atom stereocenters. The van der Waals surface area contributed by atoms with Gasteiger partial charge in [-0.05, 0) is 37.0 Å². The molecule has 1 aromatic carbocycles. The summed E-state index contributed by atoms with van der Waals surface area (Å²) in [6.45, 7) is 4.81. The van der Waals surface area contributed by atoms with Crippen molar-refractivity contribution in [3.8, 4) is 11.8 Å². The number of nitrogens with one attached hydrogen (secondary N) is 1. The molecule has 0 spiro atoms. The summed E-state index contributed by atoms with van der Waals surface area (Å²) in [6, 6.07) is 8.28. The number of unbranched alkanes of at least 4 members (excludes halogenated alkanes) is 1. The Labute approximate surface area is 179 Å². The lowest BCUT2D eigenvalue weighted by molar-refractivity contribution is 0.188. The Morgan fingerprint density at radius 1 is 1.23 bits per heavy atom. The molecule has 7 nitrogen and oxygen atoms in total. The van der Waals surface area contributed by atoms with Gasteiger partial charge >= 0.3 is 0 Å². The molecule has 162 valence electrons. The van der Waals surface area contributed by atoms with Gasteiger partial charge in [-0.2, -0.15) is 10.2 Å². The maximum Gasteiger partial charge on any atom is 0.222 e. The van der Waals surface area contributed by atoms with Crippen LogP contribution >= 0.6 is 0 Å². The molecular weight excluding hydrogens is 378 g/mol. The first-order valence-electron chi connectivity index (χ1n) is 10.4. The number of benzene rings is 1. The fraction of sp³-hybridized carbons (Fsp3) is 0.522. The molecule has 2 aromatic rings. The zero-order valence-corrected chi connectivity index (χ0v) is 18.5. The van der Waals surface area contributed by atoms with Crippen molar-refractivity contribution in [2.24, 2.45) is 0 Å². The number of anilines is 2. The zero-order chi connectivity index (χ0) is 21.9. The second-order valence-corrected chi connectivity index (χ2v) is 7.42. The Bertz CT molecular complexity index is 855. The van der Waals surface area contributed by atoms with Gasteiger partial charge in [0.05, 0.1) is 19.6 Å². The van der Waals surface area contributed by atoms with Crippen LogP contribution in [0.2, 0.25) is 0 Å². The van der Waals surface area contributed by atoms with Crippen LogP contribution in [0.25, 0.3) is 0 Å². The molecule has 0 aliphatic carbocycles. The van der Waals surface area contributed by atoms with Crippen LogP contribution in [0.15, 0.2) is 18.2 Å². The van der Waals surface area contributed by atoms with Crippen LogP contribution in [0.3, 0.4) is 0 Å². The van der Waals surface area contributed by atoms with Crippen molar-refractivity contribution in [2.45, 2.75) is 58.4 Å². The lowest BCUT2D eigenvalue weighted by atomic mass is 9.99. The van der Waals surface area contributed by atoms with Crippen molar-refractivity contribution in [2.75, 3.05) is 31.9 Å². The molecule has 0 saturated carbocycles. The van der Waals surface area contributed by atoms with Gasteiger partial charge in [-0.25, -0.2) is 4.98 Å². The van der Waals surface area contributed by atoms with Gasteiger partial charge in [-0.3, -0.25) is 0 Å². The highest BCUT2D eigenvalue weighted by atomic mass is 16.5. The van der Waals surface area contributed by atoms with Crippen LogP contribution in [-0.2, 0) is 17.6 Å². The minimum Gasteiger partial charge on any atom is -0.496 e. The van der Waals surface area contributed by atoms with E-state index in [1.54, 1.807) is 14.2 Å². The monoisotopic (exact) mass is 411 g/mol. The van der Waals surface area contributed by atoms with Crippen molar-refractivity contribution in [3.63, 3.8) is 0 Å². The Balaban J connectivity index is 2.38. The minimum atomic E-state index is 0.240. The Hall–Kier alpha value is -2.85. The second kappa shape index (κ2) is 12.0. The number of methoxy groups -OCH3 is 2. The van der Waals surface area contributed by atoms with E-state index in [9.17, 15) is 0 Å². The number of rotatable bonds is 12. The summed E-state index contributed by atoms with van der Waals surface area (Å²) in [5, 5.41) is 12.6. The zero-order valence-electron chi connectivity index (χ0n) is 18.5. The Kier molecular flexibility index (Phi) is 9.36. The summed E-state index contributed by atoms with van der Waals surface area (Å²) < 4.78 is 10.8. The number of hydrogen-bond acceptors (Lipinski definition) is 7. The summed E-state index contributed by atoms with van der Waals surface area (Å²) in [4.78, 5) is 8.91. The number of nitrogen functional groups attached to an aromatic ring is 1. The van der Waals surface area contributed by atoms with E-state index in [2.05, 4.69) is 28.3 Å². The predicted molar refractivity (Wildman–Crippen MR) is 120 cm³/mol. The smallest absolute Gasteiger partial charge is 0.222 e. The minimum absolute atomic E-state index is 0.240. The average Bonchev–Trinajstić information content (AvgIpc) is 2.72. The van der Waals surface area contributed by atoms with E-state index < -0.39 is 0 Å². The van der Waals surface area contributed by atoms with Gasteiger partial charge < -0.3 is 20.5 Å². The van der Waals surface area contributed by atoms with E-state index in [4.69, 9.17) is 20.5 Å². The van der Waals surface area contributed by atoms with Crippen LogP contribution < -0.4 is 15.8 Å². The third-order valence-electron chi connectivity index (χ3n) is 5.14. The third-order valence-corrected chi connectivity index (χ3v) is 5.14. The molecule has 0 aliphatic rings. The van der Waals surface area contributed by atoms with Crippen LogP contribution in [-0.4, -0.2) is 36.8 Å². The number of hydrogen-bond donors (Lipinski definition) is 2. The van der Waals surface area contributed by atoms with Crippen molar-refractivity contribution >= 4 is 11.8 Å². The largest absolute Gasteiger partial charge is 0.496 e. The molecular formula is C23H33N5O2. The molecule has 7 heteroatoms. The average molecular weight is 412 g/mol. The van der Waals surface area contributed by atoms with Gasteiger partial charge in [-0.15, -0.1) is 0 Å². The molecule has 0 fully saturated rings. The topological polar surface area (TPSA) is 106 Å². The maximum absolute atomic E-state index is 9.05. The highest BCUT2D eigenvalue weighted by Gasteiger charge is 2.17. The van der Waals surface area contributed by atoms with Crippen molar-refractivity contribution in [3.05, 3.63) is 40.6 Å². The molecule has 0 bridgehead atoms. The van der Waals surface area contributed by atoms with E-state index in [1.807, 2.05) is 25.1 Å². The Morgan fingerprint density at radius 3 is 2.70 bits per heavy atom.